The Bertz CT molecular complexity index is 900. The van der Waals surface area contributed by atoms with E-state index in [1.54, 1.807) is 11.9 Å². The summed E-state index contributed by atoms with van der Waals surface area (Å²) in [6.45, 7) is 5.34. The second-order valence-corrected chi connectivity index (χ2v) is 8.36. The molecule has 8 heteroatoms. The van der Waals surface area contributed by atoms with Gasteiger partial charge in [-0.1, -0.05) is 31.0 Å². The molecule has 7 nitrogen and oxygen atoms in total. The number of aryl methyl sites for hydroxylation is 1. The number of aliphatic imine (C=N–C) groups is 1. The number of nitrogens with zero attached hydrogens (tertiary/aromatic N) is 4. The quantitative estimate of drug-likeness (QED) is 0.336. The van der Waals surface area contributed by atoms with Crippen LogP contribution in [-0.4, -0.2) is 54.2 Å². The van der Waals surface area contributed by atoms with Gasteiger partial charge in [-0.25, -0.2) is 4.68 Å². The summed E-state index contributed by atoms with van der Waals surface area (Å²) in [4.78, 5) is 18.9. The lowest BCUT2D eigenvalue weighted by Gasteiger charge is -2.31. The van der Waals surface area contributed by atoms with Gasteiger partial charge in [-0.3, -0.25) is 9.79 Å². The lowest BCUT2D eigenvalue weighted by atomic mass is 9.84. The summed E-state index contributed by atoms with van der Waals surface area (Å²) in [5.74, 6) is 0.915. The van der Waals surface area contributed by atoms with Crippen molar-refractivity contribution in [3.63, 3.8) is 0 Å². The molecule has 1 aliphatic rings. The molecule has 0 bridgehead atoms. The van der Waals surface area contributed by atoms with Gasteiger partial charge in [-0.15, -0.1) is 24.0 Å². The minimum Gasteiger partial charge on any atom is -0.355 e. The van der Waals surface area contributed by atoms with Gasteiger partial charge in [0.1, 0.15) is 0 Å². The zero-order valence-electron chi connectivity index (χ0n) is 19.2. The summed E-state index contributed by atoms with van der Waals surface area (Å²) in [5.41, 5.74) is 3.98. The fraction of sp³-hybridized carbons (Fsp3) is 0.522. The highest BCUT2D eigenvalue weighted by Crippen LogP contribution is 2.38. The van der Waals surface area contributed by atoms with Gasteiger partial charge in [0.25, 0.3) is 0 Å². The van der Waals surface area contributed by atoms with Crippen molar-refractivity contribution in [2.24, 2.45) is 10.4 Å². The van der Waals surface area contributed by atoms with E-state index in [0.29, 0.717) is 19.0 Å². The molecule has 1 fully saturated rings. The van der Waals surface area contributed by atoms with Crippen LogP contribution in [0.2, 0.25) is 0 Å². The number of carbonyl (C=O) groups is 1. The minimum atomic E-state index is -0.328. The lowest BCUT2D eigenvalue weighted by molar-refractivity contribution is -0.138. The summed E-state index contributed by atoms with van der Waals surface area (Å²) in [5, 5.41) is 11.5. The number of hydrogen-bond acceptors (Lipinski definition) is 3. The third-order valence-electron chi connectivity index (χ3n) is 6.11. The molecule has 3 rings (SSSR count). The first kappa shape index (κ1) is 25.2. The average Bonchev–Trinajstić information content (AvgIpc) is 3.34. The number of amides is 1. The van der Waals surface area contributed by atoms with Crippen molar-refractivity contribution in [1.82, 2.24) is 25.3 Å². The number of nitrogens with one attached hydrogen (secondary N) is 2. The van der Waals surface area contributed by atoms with Crippen molar-refractivity contribution in [3.8, 4) is 5.69 Å². The number of carbonyl (C=O) groups excluding carboxylic acids is 1. The topological polar surface area (TPSA) is 74.5 Å². The second-order valence-electron chi connectivity index (χ2n) is 8.36. The Labute approximate surface area is 202 Å². The molecule has 0 unspecified atom stereocenters. The summed E-state index contributed by atoms with van der Waals surface area (Å²) in [6, 6.07) is 10.2. The number of benzene rings is 1. The van der Waals surface area contributed by atoms with Gasteiger partial charge < -0.3 is 15.5 Å². The largest absolute Gasteiger partial charge is 0.355 e. The van der Waals surface area contributed by atoms with Crippen molar-refractivity contribution in [2.45, 2.75) is 46.1 Å². The monoisotopic (exact) mass is 538 g/mol. The van der Waals surface area contributed by atoms with Crippen molar-refractivity contribution in [2.75, 3.05) is 27.7 Å². The lowest BCUT2D eigenvalue weighted by Crippen LogP contribution is -2.49. The number of para-hydroxylation sites is 1. The molecule has 0 saturated heterocycles. The minimum absolute atomic E-state index is 0. The van der Waals surface area contributed by atoms with Gasteiger partial charge in [0.2, 0.25) is 5.91 Å². The van der Waals surface area contributed by atoms with Crippen LogP contribution in [0.5, 0.6) is 0 Å². The summed E-state index contributed by atoms with van der Waals surface area (Å²) in [6.07, 6.45) is 4.06. The third-order valence-corrected chi connectivity index (χ3v) is 6.11. The molecular weight excluding hydrogens is 503 g/mol. The molecule has 1 aromatic heterocycles. The highest BCUT2D eigenvalue weighted by Gasteiger charge is 2.42. The van der Waals surface area contributed by atoms with Crippen LogP contribution < -0.4 is 10.6 Å². The first-order valence-corrected chi connectivity index (χ1v) is 10.6. The fourth-order valence-electron chi connectivity index (χ4n) is 4.39. The molecule has 0 spiro atoms. The Morgan fingerprint density at radius 1 is 1.16 bits per heavy atom. The second kappa shape index (κ2) is 11.0. The van der Waals surface area contributed by atoms with Crippen molar-refractivity contribution in [3.05, 3.63) is 47.3 Å². The first-order chi connectivity index (χ1) is 14.4. The maximum absolute atomic E-state index is 12.8. The maximum Gasteiger partial charge on any atom is 0.230 e. The van der Waals surface area contributed by atoms with Crippen LogP contribution in [0.3, 0.4) is 0 Å². The van der Waals surface area contributed by atoms with Gasteiger partial charge in [0.05, 0.1) is 16.8 Å². The Morgan fingerprint density at radius 3 is 2.39 bits per heavy atom. The van der Waals surface area contributed by atoms with E-state index in [-0.39, 0.29) is 35.3 Å². The maximum atomic E-state index is 12.8. The van der Waals surface area contributed by atoms with Gasteiger partial charge in [-0.05, 0) is 38.8 Å². The molecule has 2 aromatic rings. The number of guanidine groups is 1. The fourth-order valence-corrected chi connectivity index (χ4v) is 4.39. The Morgan fingerprint density at radius 2 is 1.81 bits per heavy atom. The highest BCUT2D eigenvalue weighted by atomic mass is 127. The molecule has 1 aliphatic carbocycles. The molecule has 1 saturated carbocycles. The van der Waals surface area contributed by atoms with Crippen LogP contribution in [0.1, 0.15) is 42.6 Å². The van der Waals surface area contributed by atoms with Crippen molar-refractivity contribution in [1.29, 1.82) is 0 Å². The summed E-state index contributed by atoms with van der Waals surface area (Å²) in [7, 11) is 5.44. The Balaban J connectivity index is 0.00000341. The van der Waals surface area contributed by atoms with Crippen LogP contribution >= 0.6 is 24.0 Å². The van der Waals surface area contributed by atoms with E-state index in [9.17, 15) is 4.79 Å². The Kier molecular flexibility index (Phi) is 8.90. The van der Waals surface area contributed by atoms with Gasteiger partial charge in [0.15, 0.2) is 5.96 Å². The van der Waals surface area contributed by atoms with Gasteiger partial charge >= 0.3 is 0 Å². The van der Waals surface area contributed by atoms with E-state index in [1.807, 2.05) is 43.9 Å². The number of aromatic nitrogens is 2. The number of hydrogen-bond donors (Lipinski definition) is 2. The first-order valence-electron chi connectivity index (χ1n) is 10.6. The standard InChI is InChI=1S/C23H34N6O.HI/c1-17-20(18(2)29(27-17)19-11-7-6-8-12-19)15-25-22(24-3)26-16-23(13-9-10-14-23)21(30)28(4)5;/h6-8,11-12H,9-10,13-16H2,1-5H3,(H2,24,25,26);1H. The van der Waals surface area contributed by atoms with Crippen molar-refractivity contribution >= 4 is 35.8 Å². The molecule has 31 heavy (non-hydrogen) atoms. The Hall–Kier alpha value is -2.10. The summed E-state index contributed by atoms with van der Waals surface area (Å²) >= 11 is 0. The molecule has 2 N–H and O–H groups in total. The van der Waals surface area contributed by atoms with Crippen LogP contribution in [-0.2, 0) is 11.3 Å². The SMILES string of the molecule is CN=C(NCc1c(C)nn(-c2ccccc2)c1C)NCC1(C(=O)N(C)C)CCCC1.I. The molecular formula is C23H35IN6O. The van der Waals surface area contributed by atoms with E-state index in [4.69, 9.17) is 5.10 Å². The number of rotatable bonds is 6. The van der Waals surface area contributed by atoms with Crippen molar-refractivity contribution < 1.29 is 4.79 Å². The molecule has 1 heterocycles. The zero-order valence-corrected chi connectivity index (χ0v) is 21.6. The average molecular weight is 538 g/mol. The van der Waals surface area contributed by atoms with E-state index in [2.05, 4.69) is 34.7 Å². The van der Waals surface area contributed by atoms with Gasteiger partial charge in [0, 0.05) is 45.5 Å². The van der Waals surface area contributed by atoms with Crippen LogP contribution in [0.25, 0.3) is 5.69 Å². The predicted octanol–water partition coefficient (Wildman–Crippen LogP) is 3.42. The highest BCUT2D eigenvalue weighted by molar-refractivity contribution is 14.0. The third kappa shape index (κ3) is 5.58. The van der Waals surface area contributed by atoms with E-state index >= 15 is 0 Å². The van der Waals surface area contributed by atoms with E-state index < -0.39 is 0 Å². The molecule has 1 aromatic carbocycles. The molecule has 0 aliphatic heterocycles. The molecule has 1 amide bonds. The number of halogens is 1. The van der Waals surface area contributed by atoms with E-state index in [1.165, 1.54) is 0 Å². The summed E-state index contributed by atoms with van der Waals surface area (Å²) < 4.78 is 1.98. The zero-order chi connectivity index (χ0) is 21.7. The van der Waals surface area contributed by atoms with Crippen LogP contribution in [0, 0.1) is 19.3 Å². The predicted molar refractivity (Wildman–Crippen MR) is 136 cm³/mol. The molecule has 170 valence electrons. The normalized spacial score (nSPS) is 15.3. The molecule has 0 radical (unpaired) electrons. The van der Waals surface area contributed by atoms with Crippen LogP contribution in [0.4, 0.5) is 0 Å². The molecule has 0 atom stereocenters. The smallest absolute Gasteiger partial charge is 0.230 e. The van der Waals surface area contributed by atoms with E-state index in [0.717, 1.165) is 48.3 Å². The van der Waals surface area contributed by atoms with Gasteiger partial charge in [-0.2, -0.15) is 5.10 Å². The van der Waals surface area contributed by atoms with Crippen LogP contribution in [0.15, 0.2) is 35.3 Å².